The second kappa shape index (κ2) is 6.07. The Labute approximate surface area is 117 Å². The average molecular weight is 313 g/mol. The molecule has 2 rings (SSSR count). The van der Waals surface area contributed by atoms with Gasteiger partial charge in [-0.3, -0.25) is 0 Å². The Balaban J connectivity index is 2.09. The van der Waals surface area contributed by atoms with Gasteiger partial charge >= 0.3 is 0 Å². The van der Waals surface area contributed by atoms with E-state index in [1.165, 1.54) is 12.8 Å². The van der Waals surface area contributed by atoms with Crippen LogP contribution in [0.15, 0.2) is 22.7 Å². The van der Waals surface area contributed by atoms with Gasteiger partial charge in [0, 0.05) is 10.0 Å². The van der Waals surface area contributed by atoms with Crippen molar-refractivity contribution >= 4 is 15.9 Å². The van der Waals surface area contributed by atoms with E-state index in [-0.39, 0.29) is 0 Å². The van der Waals surface area contributed by atoms with Crippen molar-refractivity contribution in [1.82, 2.24) is 0 Å². The quantitative estimate of drug-likeness (QED) is 0.893. The largest absolute Gasteiger partial charge is 0.490 e. The predicted molar refractivity (Wildman–Crippen MR) is 76.8 cm³/mol. The Morgan fingerprint density at radius 1 is 1.28 bits per heavy atom. The number of benzene rings is 1. The monoisotopic (exact) mass is 312 g/mol. The second-order valence-electron chi connectivity index (χ2n) is 5.36. The Morgan fingerprint density at radius 3 is 2.56 bits per heavy atom. The number of ether oxygens (including phenoxy) is 1. The minimum atomic E-state index is -0.500. The first kappa shape index (κ1) is 13.9. The smallest absolute Gasteiger partial charge is 0.125 e. The van der Waals surface area contributed by atoms with Crippen LogP contribution in [0, 0.1) is 5.92 Å². The molecule has 1 aliphatic rings. The van der Waals surface area contributed by atoms with Crippen molar-refractivity contribution in [2.75, 3.05) is 0 Å². The van der Waals surface area contributed by atoms with Crippen molar-refractivity contribution < 1.29 is 9.84 Å². The fourth-order valence-electron chi connectivity index (χ4n) is 2.48. The third-order valence-electron chi connectivity index (χ3n) is 3.68. The Kier molecular flexibility index (Phi) is 4.68. The molecule has 0 radical (unpaired) electrons. The van der Waals surface area contributed by atoms with E-state index in [2.05, 4.69) is 22.9 Å². The summed E-state index contributed by atoms with van der Waals surface area (Å²) in [6, 6.07) is 5.85. The summed E-state index contributed by atoms with van der Waals surface area (Å²) in [6.45, 7) is 4.08. The summed E-state index contributed by atoms with van der Waals surface area (Å²) in [4.78, 5) is 0. The minimum Gasteiger partial charge on any atom is -0.490 e. The summed E-state index contributed by atoms with van der Waals surface area (Å²) in [6.07, 6.45) is 4.53. The molecule has 1 aliphatic carbocycles. The maximum Gasteiger partial charge on any atom is 0.125 e. The molecule has 1 fully saturated rings. The van der Waals surface area contributed by atoms with Gasteiger partial charge in [0.1, 0.15) is 5.75 Å². The first-order valence-electron chi connectivity index (χ1n) is 6.70. The summed E-state index contributed by atoms with van der Waals surface area (Å²) in [7, 11) is 0. The minimum absolute atomic E-state index is 0.305. The topological polar surface area (TPSA) is 29.5 Å². The zero-order chi connectivity index (χ0) is 13.1. The van der Waals surface area contributed by atoms with Crippen LogP contribution < -0.4 is 4.74 Å². The van der Waals surface area contributed by atoms with Crippen LogP contribution in [-0.2, 0) is 0 Å². The highest BCUT2D eigenvalue weighted by molar-refractivity contribution is 9.10. The van der Waals surface area contributed by atoms with Crippen LogP contribution in [0.2, 0.25) is 0 Å². The summed E-state index contributed by atoms with van der Waals surface area (Å²) in [5.74, 6) is 1.65. The zero-order valence-corrected chi connectivity index (χ0v) is 12.6. The molecule has 1 saturated carbocycles. The number of aliphatic hydroxyl groups excluding tert-OH is 1. The summed E-state index contributed by atoms with van der Waals surface area (Å²) >= 11 is 3.43. The molecular weight excluding hydrogens is 292 g/mol. The lowest BCUT2D eigenvalue weighted by Crippen LogP contribution is -2.23. The highest BCUT2D eigenvalue weighted by Gasteiger charge is 2.21. The standard InChI is InChI=1S/C15H21BrO2/c1-10-3-6-13(7-4-10)18-15-8-5-12(16)9-14(15)11(2)17/h5,8-11,13,17H,3-4,6-7H2,1-2H3. The van der Waals surface area contributed by atoms with Gasteiger partial charge < -0.3 is 9.84 Å². The van der Waals surface area contributed by atoms with Gasteiger partial charge in [-0.25, -0.2) is 0 Å². The fraction of sp³-hybridized carbons (Fsp3) is 0.600. The molecule has 3 heteroatoms. The van der Waals surface area contributed by atoms with E-state index in [9.17, 15) is 5.11 Å². The van der Waals surface area contributed by atoms with E-state index in [0.29, 0.717) is 6.10 Å². The van der Waals surface area contributed by atoms with E-state index in [1.807, 2.05) is 18.2 Å². The number of hydrogen-bond acceptors (Lipinski definition) is 2. The molecule has 0 saturated heterocycles. The third kappa shape index (κ3) is 3.48. The molecule has 0 spiro atoms. The number of aliphatic hydroxyl groups is 1. The number of halogens is 1. The lowest BCUT2D eigenvalue weighted by molar-refractivity contribution is 0.126. The first-order chi connectivity index (χ1) is 8.56. The molecule has 0 aliphatic heterocycles. The van der Waals surface area contributed by atoms with Gasteiger partial charge in [-0.15, -0.1) is 0 Å². The maximum atomic E-state index is 9.80. The van der Waals surface area contributed by atoms with Crippen LogP contribution in [-0.4, -0.2) is 11.2 Å². The summed E-state index contributed by atoms with van der Waals surface area (Å²) < 4.78 is 7.05. The molecule has 1 aromatic rings. The van der Waals surface area contributed by atoms with Crippen LogP contribution >= 0.6 is 15.9 Å². The van der Waals surface area contributed by atoms with E-state index in [4.69, 9.17) is 4.74 Å². The molecule has 1 aromatic carbocycles. The molecule has 0 amide bonds. The normalized spacial score (nSPS) is 25.8. The maximum absolute atomic E-state index is 9.80. The third-order valence-corrected chi connectivity index (χ3v) is 4.17. The molecule has 2 nitrogen and oxygen atoms in total. The van der Waals surface area contributed by atoms with Gasteiger partial charge in [0.2, 0.25) is 0 Å². The molecule has 0 heterocycles. The molecular formula is C15H21BrO2. The average Bonchev–Trinajstić information content (AvgIpc) is 2.34. The first-order valence-corrected chi connectivity index (χ1v) is 7.49. The van der Waals surface area contributed by atoms with Crippen molar-refractivity contribution in [3.63, 3.8) is 0 Å². The van der Waals surface area contributed by atoms with Gasteiger partial charge in [-0.2, -0.15) is 0 Å². The van der Waals surface area contributed by atoms with E-state index < -0.39 is 6.10 Å². The van der Waals surface area contributed by atoms with Crippen LogP contribution in [0.4, 0.5) is 0 Å². The predicted octanol–water partition coefficient (Wildman–Crippen LogP) is 4.46. The fourth-order valence-corrected chi connectivity index (χ4v) is 2.86. The van der Waals surface area contributed by atoms with Gasteiger partial charge in [-0.1, -0.05) is 22.9 Å². The molecule has 1 unspecified atom stereocenters. The van der Waals surface area contributed by atoms with Gasteiger partial charge in [0.05, 0.1) is 12.2 Å². The molecule has 100 valence electrons. The van der Waals surface area contributed by atoms with Crippen molar-refractivity contribution in [2.45, 2.75) is 51.7 Å². The van der Waals surface area contributed by atoms with E-state index in [0.717, 1.165) is 34.5 Å². The molecule has 1 atom stereocenters. The van der Waals surface area contributed by atoms with Crippen LogP contribution in [0.1, 0.15) is 51.2 Å². The molecule has 18 heavy (non-hydrogen) atoms. The van der Waals surface area contributed by atoms with Crippen LogP contribution in [0.25, 0.3) is 0 Å². The zero-order valence-electron chi connectivity index (χ0n) is 11.0. The van der Waals surface area contributed by atoms with Crippen molar-refractivity contribution in [1.29, 1.82) is 0 Å². The Morgan fingerprint density at radius 2 is 1.94 bits per heavy atom. The highest BCUT2D eigenvalue weighted by Crippen LogP contribution is 2.32. The highest BCUT2D eigenvalue weighted by atomic mass is 79.9. The van der Waals surface area contributed by atoms with E-state index in [1.54, 1.807) is 6.92 Å². The Hall–Kier alpha value is -0.540. The van der Waals surface area contributed by atoms with Gasteiger partial charge in [0.25, 0.3) is 0 Å². The van der Waals surface area contributed by atoms with Crippen molar-refractivity contribution in [3.05, 3.63) is 28.2 Å². The lowest BCUT2D eigenvalue weighted by Gasteiger charge is -2.28. The number of hydrogen-bond donors (Lipinski definition) is 1. The van der Waals surface area contributed by atoms with E-state index >= 15 is 0 Å². The van der Waals surface area contributed by atoms with Gasteiger partial charge in [0.15, 0.2) is 0 Å². The number of rotatable bonds is 3. The van der Waals surface area contributed by atoms with Gasteiger partial charge in [-0.05, 0) is 56.7 Å². The molecule has 0 aromatic heterocycles. The van der Waals surface area contributed by atoms with Crippen LogP contribution in [0.3, 0.4) is 0 Å². The van der Waals surface area contributed by atoms with Crippen molar-refractivity contribution in [2.24, 2.45) is 5.92 Å². The van der Waals surface area contributed by atoms with Crippen LogP contribution in [0.5, 0.6) is 5.75 Å². The van der Waals surface area contributed by atoms with Crippen molar-refractivity contribution in [3.8, 4) is 5.75 Å². The summed E-state index contributed by atoms with van der Waals surface area (Å²) in [5, 5.41) is 9.80. The lowest BCUT2D eigenvalue weighted by atomic mass is 9.89. The Bertz CT molecular complexity index is 395. The molecule has 1 N–H and O–H groups in total. The SMILES string of the molecule is CC1CCC(Oc2ccc(Br)cc2C(C)O)CC1. The molecule has 0 bridgehead atoms. The second-order valence-corrected chi connectivity index (χ2v) is 6.27. The summed E-state index contributed by atoms with van der Waals surface area (Å²) in [5.41, 5.74) is 0.864.